The molecule has 0 radical (unpaired) electrons. The first-order valence-electron chi connectivity index (χ1n) is 9.22. The molecule has 1 N–H and O–H groups in total. The van der Waals surface area contributed by atoms with Crippen LogP contribution >= 0.6 is 0 Å². The topological polar surface area (TPSA) is 59.1 Å². The fourth-order valence-corrected chi connectivity index (χ4v) is 3.84. The summed E-state index contributed by atoms with van der Waals surface area (Å²) in [5.41, 5.74) is 0. The van der Waals surface area contributed by atoms with Crippen LogP contribution in [0.15, 0.2) is 36.5 Å². The summed E-state index contributed by atoms with van der Waals surface area (Å²) in [4.78, 5) is 11.6. The van der Waals surface area contributed by atoms with Gasteiger partial charge in [-0.25, -0.2) is 0 Å². The van der Waals surface area contributed by atoms with Gasteiger partial charge < -0.3 is 14.6 Å². The summed E-state index contributed by atoms with van der Waals surface area (Å²) in [7, 11) is 0. The Morgan fingerprint density at radius 3 is 2.96 bits per heavy atom. The largest absolute Gasteiger partial charge is 0.462 e. The van der Waals surface area contributed by atoms with Gasteiger partial charge in [-0.15, -0.1) is 0 Å². The van der Waals surface area contributed by atoms with E-state index in [1.54, 1.807) is 6.08 Å². The first-order valence-corrected chi connectivity index (χ1v) is 9.22. The van der Waals surface area contributed by atoms with Crippen LogP contribution in [0.5, 0.6) is 0 Å². The Morgan fingerprint density at radius 2 is 2.17 bits per heavy atom. The minimum atomic E-state index is -0.355. The van der Waals surface area contributed by atoms with E-state index in [1.165, 1.54) is 0 Å². The van der Waals surface area contributed by atoms with E-state index < -0.39 is 0 Å². The van der Waals surface area contributed by atoms with E-state index in [0.29, 0.717) is 30.5 Å². The van der Waals surface area contributed by atoms with E-state index in [4.69, 9.17) is 9.47 Å². The quantitative estimate of drug-likeness (QED) is 0.336. The molecule has 132 valence electrons. The number of carbonyl (C=O) groups is 1. The number of aliphatic hydroxyl groups excluding tert-OH is 1. The van der Waals surface area contributed by atoms with Crippen LogP contribution in [0.4, 0.5) is 0 Å². The van der Waals surface area contributed by atoms with E-state index in [-0.39, 0.29) is 18.2 Å². The van der Waals surface area contributed by atoms with E-state index in [9.17, 15) is 9.90 Å². The molecule has 4 nitrogen and oxygen atoms in total. The van der Waals surface area contributed by atoms with Gasteiger partial charge in [-0.2, -0.15) is 0 Å². The molecule has 6 atom stereocenters. The zero-order chi connectivity index (χ0) is 16.9. The summed E-state index contributed by atoms with van der Waals surface area (Å²) in [5, 5.41) is 9.43. The second kappa shape index (κ2) is 8.13. The highest BCUT2D eigenvalue weighted by Crippen LogP contribution is 2.50. The fraction of sp³-hybridized carbons (Fsp3) is 0.650. The zero-order valence-electron chi connectivity index (χ0n) is 14.3. The van der Waals surface area contributed by atoms with Gasteiger partial charge in [0.2, 0.25) is 0 Å². The van der Waals surface area contributed by atoms with E-state index in [0.717, 1.165) is 32.1 Å². The summed E-state index contributed by atoms with van der Waals surface area (Å²) in [6, 6.07) is 0. The molecule has 1 saturated carbocycles. The predicted molar refractivity (Wildman–Crippen MR) is 92.3 cm³/mol. The molecule has 3 rings (SSSR count). The molecule has 2 aliphatic heterocycles. The third kappa shape index (κ3) is 4.37. The number of rotatable bonds is 7. The number of carbonyl (C=O) groups excluding carboxylic acids is 1. The Balaban J connectivity index is 1.48. The van der Waals surface area contributed by atoms with Gasteiger partial charge >= 0.3 is 5.97 Å². The monoisotopic (exact) mass is 332 g/mol. The van der Waals surface area contributed by atoms with Crippen molar-refractivity contribution < 1.29 is 19.4 Å². The number of hydrogen-bond acceptors (Lipinski definition) is 4. The Kier molecular flexibility index (Phi) is 5.90. The number of ether oxygens (including phenoxy) is 2. The number of aliphatic hydroxyl groups is 1. The van der Waals surface area contributed by atoms with Crippen LogP contribution in [0.25, 0.3) is 0 Å². The van der Waals surface area contributed by atoms with Gasteiger partial charge in [0, 0.05) is 18.3 Å². The normalized spacial score (nSPS) is 37.2. The summed E-state index contributed by atoms with van der Waals surface area (Å²) in [6.45, 7) is 1.95. The molecule has 0 bridgehead atoms. The van der Waals surface area contributed by atoms with Gasteiger partial charge in [0.1, 0.15) is 6.10 Å². The number of esters is 1. The molecule has 4 heteroatoms. The molecule has 6 unspecified atom stereocenters. The number of epoxide rings is 1. The second-order valence-electron chi connectivity index (χ2n) is 6.99. The standard InChI is InChI=1S/C20H28O4/c1-2-14(21)9-6-4-3-5-7-10-15-16(13-18-20(15)24-18)17-11-8-12-19(22)23-17/h3-4,6-7,9-10,14-18,20-21H,2,5,8,11-13H2,1H3/b4-3-,9-6+,10-7+. The summed E-state index contributed by atoms with van der Waals surface area (Å²) in [5.74, 6) is 0.744. The molecule has 1 aliphatic carbocycles. The zero-order valence-corrected chi connectivity index (χ0v) is 14.3. The molecule has 0 amide bonds. The van der Waals surface area contributed by atoms with E-state index >= 15 is 0 Å². The first-order chi connectivity index (χ1) is 11.7. The smallest absolute Gasteiger partial charge is 0.306 e. The lowest BCUT2D eigenvalue weighted by Gasteiger charge is -2.31. The van der Waals surface area contributed by atoms with Crippen molar-refractivity contribution in [3.63, 3.8) is 0 Å². The van der Waals surface area contributed by atoms with Crippen molar-refractivity contribution in [2.75, 3.05) is 0 Å². The molecule has 24 heavy (non-hydrogen) atoms. The van der Waals surface area contributed by atoms with Crippen LogP contribution < -0.4 is 0 Å². The molecule has 0 spiro atoms. The molecule has 2 heterocycles. The van der Waals surface area contributed by atoms with Crippen LogP contribution in [0, 0.1) is 11.8 Å². The first kappa shape index (κ1) is 17.4. The highest BCUT2D eigenvalue weighted by molar-refractivity contribution is 5.70. The minimum Gasteiger partial charge on any atom is -0.462 e. The predicted octanol–water partition coefficient (Wildman–Crippen LogP) is 3.32. The average Bonchev–Trinajstić information content (AvgIpc) is 3.27. The lowest BCUT2D eigenvalue weighted by molar-refractivity contribution is -0.158. The highest BCUT2D eigenvalue weighted by Gasteiger charge is 2.57. The Bertz CT molecular complexity index is 522. The number of allylic oxidation sites excluding steroid dienone is 4. The van der Waals surface area contributed by atoms with Crippen molar-refractivity contribution >= 4 is 5.97 Å². The number of cyclic esters (lactones) is 1. The summed E-state index contributed by atoms with van der Waals surface area (Å²) in [6.07, 6.45) is 17.7. The van der Waals surface area contributed by atoms with Gasteiger partial charge in [0.15, 0.2) is 0 Å². The van der Waals surface area contributed by atoms with Crippen molar-refractivity contribution in [1.29, 1.82) is 0 Å². The maximum Gasteiger partial charge on any atom is 0.306 e. The van der Waals surface area contributed by atoms with E-state index in [1.807, 2.05) is 19.1 Å². The maximum absolute atomic E-state index is 11.6. The molecule has 2 saturated heterocycles. The molecule has 3 aliphatic rings. The second-order valence-corrected chi connectivity index (χ2v) is 6.99. The van der Waals surface area contributed by atoms with Crippen molar-refractivity contribution in [3.05, 3.63) is 36.5 Å². The lowest BCUT2D eigenvalue weighted by Crippen LogP contribution is -2.34. The fourth-order valence-electron chi connectivity index (χ4n) is 3.84. The van der Waals surface area contributed by atoms with Gasteiger partial charge in [0.25, 0.3) is 0 Å². The molecular formula is C20H28O4. The summed E-state index contributed by atoms with van der Waals surface area (Å²) < 4.78 is 11.3. The van der Waals surface area contributed by atoms with Crippen LogP contribution in [0.3, 0.4) is 0 Å². The Morgan fingerprint density at radius 1 is 1.29 bits per heavy atom. The van der Waals surface area contributed by atoms with Crippen LogP contribution in [0.1, 0.15) is 45.4 Å². The molecule has 0 aromatic rings. The molecule has 0 aromatic heterocycles. The van der Waals surface area contributed by atoms with Crippen molar-refractivity contribution in [3.8, 4) is 0 Å². The van der Waals surface area contributed by atoms with Crippen LogP contribution in [-0.2, 0) is 14.3 Å². The van der Waals surface area contributed by atoms with Crippen LogP contribution in [0.2, 0.25) is 0 Å². The Hall–Kier alpha value is -1.39. The number of fused-ring (bicyclic) bond motifs is 1. The van der Waals surface area contributed by atoms with Crippen molar-refractivity contribution in [2.45, 2.75) is 69.9 Å². The SMILES string of the molecule is CCC(O)/C=C/C=C\C/C=C/C1C(C2CCCC(=O)O2)CC2OC21. The number of hydrogen-bond donors (Lipinski definition) is 1. The molecule has 3 fully saturated rings. The maximum atomic E-state index is 11.6. The van der Waals surface area contributed by atoms with E-state index in [2.05, 4.69) is 18.2 Å². The molecular weight excluding hydrogens is 304 g/mol. The summed E-state index contributed by atoms with van der Waals surface area (Å²) >= 11 is 0. The lowest BCUT2D eigenvalue weighted by atomic mass is 9.85. The van der Waals surface area contributed by atoms with Crippen LogP contribution in [-0.4, -0.2) is 35.5 Å². The van der Waals surface area contributed by atoms with Crippen molar-refractivity contribution in [2.24, 2.45) is 11.8 Å². The van der Waals surface area contributed by atoms with Gasteiger partial charge in [0.05, 0.1) is 18.3 Å². The molecule has 0 aromatic carbocycles. The third-order valence-corrected chi connectivity index (χ3v) is 5.26. The average molecular weight is 332 g/mol. The minimum absolute atomic E-state index is 0.0422. The third-order valence-electron chi connectivity index (χ3n) is 5.26. The Labute approximate surface area is 144 Å². The van der Waals surface area contributed by atoms with Crippen molar-refractivity contribution in [1.82, 2.24) is 0 Å². The highest BCUT2D eigenvalue weighted by atomic mass is 16.6. The van der Waals surface area contributed by atoms with Gasteiger partial charge in [-0.1, -0.05) is 43.4 Å². The van der Waals surface area contributed by atoms with Gasteiger partial charge in [-0.05, 0) is 32.1 Å². The van der Waals surface area contributed by atoms with Gasteiger partial charge in [-0.3, -0.25) is 4.79 Å².